The predicted molar refractivity (Wildman–Crippen MR) is 77.5 cm³/mol. The summed E-state index contributed by atoms with van der Waals surface area (Å²) in [5.74, 6) is 1.01. The molecular formula is C16H23NO3. The minimum Gasteiger partial charge on any atom is -0.491 e. The highest BCUT2D eigenvalue weighted by Gasteiger charge is 2.22. The summed E-state index contributed by atoms with van der Waals surface area (Å²) in [7, 11) is 0. The number of nitrogens with one attached hydrogen (secondary N) is 1. The fourth-order valence-electron chi connectivity index (χ4n) is 2.45. The van der Waals surface area contributed by atoms with Crippen molar-refractivity contribution in [2.24, 2.45) is 5.92 Å². The largest absolute Gasteiger partial charge is 0.491 e. The molecule has 1 aliphatic rings. The van der Waals surface area contributed by atoms with E-state index in [2.05, 4.69) is 11.5 Å². The van der Waals surface area contributed by atoms with Gasteiger partial charge >= 0.3 is 0 Å². The van der Waals surface area contributed by atoms with Crippen molar-refractivity contribution in [1.29, 1.82) is 0 Å². The lowest BCUT2D eigenvalue weighted by Crippen LogP contribution is -2.30. The number of amides is 1. The Morgan fingerprint density at radius 1 is 1.25 bits per heavy atom. The molecule has 20 heavy (non-hydrogen) atoms. The molecule has 0 saturated heterocycles. The summed E-state index contributed by atoms with van der Waals surface area (Å²) in [5.41, 5.74) is 4.79. The molecule has 1 fully saturated rings. The van der Waals surface area contributed by atoms with E-state index in [1.165, 1.54) is 5.56 Å². The highest BCUT2D eigenvalue weighted by molar-refractivity contribution is 5.77. The Kier molecular flexibility index (Phi) is 5.41. The van der Waals surface area contributed by atoms with Gasteiger partial charge in [-0.3, -0.25) is 9.63 Å². The number of carbonyl (C=O) groups excluding carboxylic acids is 1. The molecule has 4 nitrogen and oxygen atoms in total. The maximum Gasteiger partial charge on any atom is 0.246 e. The zero-order chi connectivity index (χ0) is 14.4. The Morgan fingerprint density at radius 3 is 2.75 bits per heavy atom. The molecule has 1 N–H and O–H groups in total. The Labute approximate surface area is 120 Å². The summed E-state index contributed by atoms with van der Waals surface area (Å²) in [5, 5.41) is 0. The van der Waals surface area contributed by atoms with E-state index >= 15 is 0 Å². The number of rotatable bonds is 6. The Bertz CT molecular complexity index is 453. The molecule has 0 bridgehead atoms. The fourth-order valence-corrected chi connectivity index (χ4v) is 2.45. The average molecular weight is 277 g/mol. The van der Waals surface area contributed by atoms with Crippen molar-refractivity contribution >= 4 is 5.91 Å². The number of carbonyl (C=O) groups is 1. The third-order valence-corrected chi connectivity index (χ3v) is 3.69. The van der Waals surface area contributed by atoms with Gasteiger partial charge in [0.1, 0.15) is 19.0 Å². The molecule has 4 heteroatoms. The maximum absolute atomic E-state index is 11.7. The van der Waals surface area contributed by atoms with Crippen LogP contribution in [0.4, 0.5) is 0 Å². The van der Waals surface area contributed by atoms with Crippen LogP contribution < -0.4 is 10.2 Å². The fraction of sp³-hybridized carbons (Fsp3) is 0.562. The van der Waals surface area contributed by atoms with E-state index in [9.17, 15) is 4.79 Å². The van der Waals surface area contributed by atoms with Crippen LogP contribution in [-0.2, 0) is 9.63 Å². The van der Waals surface area contributed by atoms with E-state index in [1.807, 2.05) is 26.0 Å². The Balaban J connectivity index is 1.64. The van der Waals surface area contributed by atoms with Gasteiger partial charge < -0.3 is 4.74 Å². The van der Waals surface area contributed by atoms with E-state index in [0.717, 1.165) is 37.0 Å². The van der Waals surface area contributed by atoms with Gasteiger partial charge in [0, 0.05) is 5.92 Å². The third-order valence-electron chi connectivity index (χ3n) is 3.69. The smallest absolute Gasteiger partial charge is 0.246 e. The summed E-state index contributed by atoms with van der Waals surface area (Å²) in [6.07, 6.45) is 4.25. The molecule has 0 heterocycles. The first kappa shape index (κ1) is 14.9. The zero-order valence-electron chi connectivity index (χ0n) is 12.3. The summed E-state index contributed by atoms with van der Waals surface area (Å²) >= 11 is 0. The summed E-state index contributed by atoms with van der Waals surface area (Å²) in [4.78, 5) is 16.9. The lowest BCUT2D eigenvalue weighted by atomic mass is 10.1. The normalized spacial score (nSPS) is 15.3. The number of hydrogen-bond donors (Lipinski definition) is 1. The quantitative estimate of drug-likeness (QED) is 0.642. The van der Waals surface area contributed by atoms with Gasteiger partial charge in [-0.05, 0) is 43.9 Å². The average Bonchev–Trinajstić information content (AvgIpc) is 2.96. The van der Waals surface area contributed by atoms with Crippen molar-refractivity contribution in [3.8, 4) is 5.75 Å². The topological polar surface area (TPSA) is 47.6 Å². The zero-order valence-corrected chi connectivity index (χ0v) is 12.3. The second kappa shape index (κ2) is 7.29. The van der Waals surface area contributed by atoms with Crippen LogP contribution in [0.1, 0.15) is 36.8 Å². The van der Waals surface area contributed by atoms with Crippen LogP contribution in [0.15, 0.2) is 18.2 Å². The standard InChI is InChI=1S/C16H23NO3/c1-12-7-8-13(2)15(11-12)19-9-10-20-17-16(18)14-5-3-4-6-14/h7-8,11,14H,3-6,9-10H2,1-2H3,(H,17,18). The second-order valence-electron chi connectivity index (χ2n) is 5.41. The molecule has 0 aromatic heterocycles. The van der Waals surface area contributed by atoms with Gasteiger partial charge in [0.2, 0.25) is 5.91 Å². The first-order chi connectivity index (χ1) is 9.66. The molecule has 1 aromatic carbocycles. The first-order valence-electron chi connectivity index (χ1n) is 7.28. The summed E-state index contributed by atoms with van der Waals surface area (Å²) < 4.78 is 5.65. The minimum absolute atomic E-state index is 0.00855. The molecule has 1 saturated carbocycles. The number of hydrogen-bond acceptors (Lipinski definition) is 3. The SMILES string of the molecule is Cc1ccc(C)c(OCCONC(=O)C2CCCC2)c1. The van der Waals surface area contributed by atoms with E-state index in [4.69, 9.17) is 9.57 Å². The van der Waals surface area contributed by atoms with E-state index in [1.54, 1.807) is 0 Å². The summed E-state index contributed by atoms with van der Waals surface area (Å²) in [6, 6.07) is 6.10. The van der Waals surface area contributed by atoms with Crippen LogP contribution in [0.5, 0.6) is 5.75 Å². The van der Waals surface area contributed by atoms with Crippen LogP contribution in [0.2, 0.25) is 0 Å². The lowest BCUT2D eigenvalue weighted by molar-refractivity contribution is -0.138. The third kappa shape index (κ3) is 4.23. The molecule has 2 rings (SSSR count). The Morgan fingerprint density at radius 2 is 2.00 bits per heavy atom. The summed E-state index contributed by atoms with van der Waals surface area (Å²) in [6.45, 7) is 4.82. The number of ether oxygens (including phenoxy) is 1. The van der Waals surface area contributed by atoms with Gasteiger partial charge in [0.15, 0.2) is 0 Å². The Hall–Kier alpha value is -1.55. The molecule has 1 aromatic rings. The van der Waals surface area contributed by atoms with Gasteiger partial charge in [0.05, 0.1) is 0 Å². The number of hydroxylamine groups is 1. The van der Waals surface area contributed by atoms with Crippen molar-refractivity contribution in [2.45, 2.75) is 39.5 Å². The number of aryl methyl sites for hydroxylation is 2. The van der Waals surface area contributed by atoms with Crippen molar-refractivity contribution < 1.29 is 14.4 Å². The van der Waals surface area contributed by atoms with Crippen LogP contribution in [0.25, 0.3) is 0 Å². The van der Waals surface area contributed by atoms with Crippen LogP contribution in [0.3, 0.4) is 0 Å². The van der Waals surface area contributed by atoms with Gasteiger partial charge in [-0.1, -0.05) is 25.0 Å². The van der Waals surface area contributed by atoms with Crippen molar-refractivity contribution in [3.63, 3.8) is 0 Å². The molecule has 0 aliphatic heterocycles. The maximum atomic E-state index is 11.7. The monoisotopic (exact) mass is 277 g/mol. The minimum atomic E-state index is 0.00855. The van der Waals surface area contributed by atoms with Gasteiger partial charge in [-0.2, -0.15) is 0 Å². The van der Waals surface area contributed by atoms with Crippen molar-refractivity contribution in [1.82, 2.24) is 5.48 Å². The first-order valence-corrected chi connectivity index (χ1v) is 7.28. The molecular weight excluding hydrogens is 254 g/mol. The molecule has 110 valence electrons. The van der Waals surface area contributed by atoms with Crippen LogP contribution in [0, 0.1) is 19.8 Å². The van der Waals surface area contributed by atoms with Crippen molar-refractivity contribution in [3.05, 3.63) is 29.3 Å². The van der Waals surface area contributed by atoms with Crippen LogP contribution >= 0.6 is 0 Å². The van der Waals surface area contributed by atoms with Crippen molar-refractivity contribution in [2.75, 3.05) is 13.2 Å². The highest BCUT2D eigenvalue weighted by atomic mass is 16.7. The molecule has 1 amide bonds. The van der Waals surface area contributed by atoms with E-state index < -0.39 is 0 Å². The molecule has 0 spiro atoms. The van der Waals surface area contributed by atoms with E-state index in [-0.39, 0.29) is 11.8 Å². The van der Waals surface area contributed by atoms with Gasteiger partial charge in [0.25, 0.3) is 0 Å². The highest BCUT2D eigenvalue weighted by Crippen LogP contribution is 2.24. The van der Waals surface area contributed by atoms with Gasteiger partial charge in [-0.15, -0.1) is 0 Å². The lowest BCUT2D eigenvalue weighted by Gasteiger charge is -2.12. The molecule has 1 aliphatic carbocycles. The van der Waals surface area contributed by atoms with E-state index in [0.29, 0.717) is 13.2 Å². The van der Waals surface area contributed by atoms with Gasteiger partial charge in [-0.25, -0.2) is 5.48 Å². The van der Waals surface area contributed by atoms with Crippen LogP contribution in [-0.4, -0.2) is 19.1 Å². The molecule has 0 atom stereocenters. The predicted octanol–water partition coefficient (Wildman–Crippen LogP) is 2.92. The molecule has 0 radical (unpaired) electrons. The molecule has 0 unspecified atom stereocenters. The second-order valence-corrected chi connectivity index (χ2v) is 5.41. The number of benzene rings is 1.